The van der Waals surface area contributed by atoms with Crippen molar-refractivity contribution < 1.29 is 34.3 Å². The number of anilines is 2. The third-order valence-corrected chi connectivity index (χ3v) is 9.91. The highest BCUT2D eigenvalue weighted by Crippen LogP contribution is 2.47. The molecule has 46 heavy (non-hydrogen) atoms. The highest BCUT2D eigenvalue weighted by atomic mass is 19.1. The Balaban J connectivity index is 1.42. The fraction of sp³-hybridized carbons (Fsp3) is 0.406. The predicted molar refractivity (Wildman–Crippen MR) is 163 cm³/mol. The maximum atomic E-state index is 15.2. The van der Waals surface area contributed by atoms with Gasteiger partial charge < -0.3 is 40.4 Å². The number of pyridine rings is 2. The fourth-order valence-electron chi connectivity index (χ4n) is 7.06. The number of ether oxygens (including phenoxy) is 1. The molecule has 2 aliphatic heterocycles. The summed E-state index contributed by atoms with van der Waals surface area (Å²) >= 11 is 0. The van der Waals surface area contributed by atoms with E-state index in [4.69, 9.17) is 9.72 Å². The van der Waals surface area contributed by atoms with Gasteiger partial charge in [0.25, 0.3) is 16.4 Å². The molecule has 0 amide bonds. The third-order valence-electron chi connectivity index (χ3n) is 9.91. The van der Waals surface area contributed by atoms with Crippen LogP contribution < -0.4 is 27.1 Å². The van der Waals surface area contributed by atoms with Crippen LogP contribution in [0.15, 0.2) is 26.5 Å². The van der Waals surface area contributed by atoms with Crippen LogP contribution in [0.25, 0.3) is 22.3 Å². The lowest BCUT2D eigenvalue weighted by molar-refractivity contribution is -0.172. The number of nitrogens with one attached hydrogen (secondary N) is 2. The summed E-state index contributed by atoms with van der Waals surface area (Å²) in [6.45, 7) is 0.856. The van der Waals surface area contributed by atoms with Gasteiger partial charge in [0, 0.05) is 22.6 Å². The molecule has 0 radical (unpaired) electrons. The van der Waals surface area contributed by atoms with E-state index < -0.39 is 65.2 Å². The van der Waals surface area contributed by atoms with Crippen molar-refractivity contribution >= 4 is 28.2 Å². The number of hydrogen-bond donors (Lipinski definition) is 6. The van der Waals surface area contributed by atoms with Crippen LogP contribution >= 0.6 is 0 Å². The molecule has 0 saturated heterocycles. The molecule has 6 N–H and O–H groups in total. The zero-order chi connectivity index (χ0) is 32.9. The van der Waals surface area contributed by atoms with Crippen LogP contribution in [-0.2, 0) is 34.7 Å². The second-order valence-corrected chi connectivity index (χ2v) is 12.3. The Bertz CT molecular complexity index is 2120. The van der Waals surface area contributed by atoms with E-state index in [1.54, 1.807) is 19.9 Å². The highest BCUT2D eigenvalue weighted by Gasteiger charge is 2.46. The van der Waals surface area contributed by atoms with Crippen molar-refractivity contribution in [2.45, 2.75) is 63.4 Å². The first-order chi connectivity index (χ1) is 21.9. The average molecular weight is 635 g/mol. The number of rotatable bonds is 8. The van der Waals surface area contributed by atoms with E-state index in [0.717, 1.165) is 5.56 Å². The van der Waals surface area contributed by atoms with Crippen molar-refractivity contribution in [1.29, 1.82) is 0 Å². The Kier molecular flexibility index (Phi) is 6.73. The summed E-state index contributed by atoms with van der Waals surface area (Å²) in [5, 5.41) is 47.1. The Morgan fingerprint density at radius 3 is 2.43 bits per heavy atom. The van der Waals surface area contributed by atoms with Crippen molar-refractivity contribution in [1.82, 2.24) is 9.55 Å². The van der Waals surface area contributed by atoms with E-state index in [1.807, 2.05) is 0 Å². The normalized spacial score (nSPS) is 20.0. The number of cyclic esters (lactones) is 1. The maximum absolute atomic E-state index is 15.2. The van der Waals surface area contributed by atoms with E-state index in [1.165, 1.54) is 10.6 Å². The van der Waals surface area contributed by atoms with Crippen LogP contribution in [0.5, 0.6) is 0 Å². The highest BCUT2D eigenvalue weighted by molar-refractivity contribution is 5.94. The van der Waals surface area contributed by atoms with Gasteiger partial charge >= 0.3 is 5.97 Å². The van der Waals surface area contributed by atoms with Gasteiger partial charge in [0.1, 0.15) is 29.3 Å². The van der Waals surface area contributed by atoms with E-state index >= 15 is 4.39 Å². The number of esters is 1. The van der Waals surface area contributed by atoms with Crippen LogP contribution in [0.1, 0.15) is 59.2 Å². The summed E-state index contributed by atoms with van der Waals surface area (Å²) in [6.07, 6.45) is 0.737. The molecule has 4 heterocycles. The van der Waals surface area contributed by atoms with Gasteiger partial charge in [-0.15, -0.1) is 0 Å². The summed E-state index contributed by atoms with van der Waals surface area (Å²) in [6, 6.07) is 2.25. The van der Waals surface area contributed by atoms with Crippen LogP contribution in [0.3, 0.4) is 0 Å². The number of aliphatic hydroxyl groups excluding tert-OH is 3. The lowest BCUT2D eigenvalue weighted by Crippen LogP contribution is -2.53. The molecule has 13 nitrogen and oxygen atoms in total. The van der Waals surface area contributed by atoms with Gasteiger partial charge in [0.2, 0.25) is 0 Å². The van der Waals surface area contributed by atoms with Crippen LogP contribution in [-0.4, -0.2) is 61.3 Å². The molecule has 1 aliphatic carbocycles. The average Bonchev–Trinajstić information content (AvgIpc) is 3.44. The molecule has 7 rings (SSSR count). The monoisotopic (exact) mass is 634 g/mol. The molecule has 2 aromatic heterocycles. The van der Waals surface area contributed by atoms with Crippen LogP contribution in [0.4, 0.5) is 15.8 Å². The molecule has 4 aromatic rings. The number of benzene rings is 1. The molecular formula is C32H31FN4O9. The Labute approximate surface area is 259 Å². The van der Waals surface area contributed by atoms with Gasteiger partial charge in [-0.1, -0.05) is 6.92 Å². The first-order valence-electron chi connectivity index (χ1n) is 15.0. The molecule has 0 unspecified atom stereocenters. The number of nitrogens with zero attached hydrogens (tertiary/aromatic N) is 2. The summed E-state index contributed by atoms with van der Waals surface area (Å²) in [7, 11) is 0. The second kappa shape index (κ2) is 10.3. The molecule has 2 atom stereocenters. The molecule has 0 spiro atoms. The number of aliphatic hydroxyl groups is 4. The zero-order valence-corrected chi connectivity index (χ0v) is 25.0. The van der Waals surface area contributed by atoms with Crippen molar-refractivity contribution in [3.63, 3.8) is 0 Å². The predicted octanol–water partition coefficient (Wildman–Crippen LogP) is 0.350. The van der Waals surface area contributed by atoms with E-state index in [-0.39, 0.29) is 42.1 Å². The lowest BCUT2D eigenvalue weighted by Gasteiger charge is -2.34. The summed E-state index contributed by atoms with van der Waals surface area (Å²) in [5.74, 6) is -1.32. The molecule has 3 aliphatic rings. The first-order valence-corrected chi connectivity index (χ1v) is 15.0. The minimum Gasteiger partial charge on any atom is -0.458 e. The SMILES string of the molecule is CC[C@@]1(O)C(=O)OCc2c1cc1n(c2=O)Cc2c-1nc1cc(F)c(C)c3c1c2[C@@H](Nc1c(NC(CO)(CO)CO)c(=O)c1=O)CC3. The lowest BCUT2D eigenvalue weighted by atomic mass is 9.81. The first kappa shape index (κ1) is 30.2. The number of aromatic nitrogens is 2. The van der Waals surface area contributed by atoms with Crippen LogP contribution in [0, 0.1) is 12.7 Å². The Hall–Kier alpha value is -4.50. The topological polar surface area (TPSA) is 200 Å². The standard InChI is InChI=1S/C32H31FN4O9/c1-3-32(45)17-6-21-24-15(8-37(21)29(43)16(17)9-46-30(32)44)23-19(5-4-14-13(2)18(33)7-20(35-24)22(14)23)34-25-26(28(42)27(25)41)36-31(10-38,11-39)12-40/h6-7,19,34,36,38-40,45H,3-5,8-12H2,1-2H3/t19-,32-/m0/s1. The van der Waals surface area contributed by atoms with Crippen molar-refractivity contribution in [3.05, 3.63) is 82.1 Å². The van der Waals surface area contributed by atoms with Gasteiger partial charge in [-0.2, -0.15) is 0 Å². The summed E-state index contributed by atoms with van der Waals surface area (Å²) < 4.78 is 21.8. The molecule has 0 saturated carbocycles. The molecule has 0 fully saturated rings. The largest absolute Gasteiger partial charge is 0.458 e. The second-order valence-electron chi connectivity index (χ2n) is 12.3. The van der Waals surface area contributed by atoms with Crippen molar-refractivity contribution in [2.75, 3.05) is 30.5 Å². The van der Waals surface area contributed by atoms with Crippen molar-refractivity contribution in [3.8, 4) is 11.4 Å². The van der Waals surface area contributed by atoms with Crippen LogP contribution in [0.2, 0.25) is 0 Å². The van der Waals surface area contributed by atoms with Crippen molar-refractivity contribution in [2.24, 2.45) is 0 Å². The van der Waals surface area contributed by atoms with E-state index in [9.17, 15) is 39.6 Å². The van der Waals surface area contributed by atoms with Gasteiger partial charge in [-0.05, 0) is 48.9 Å². The van der Waals surface area contributed by atoms with E-state index in [2.05, 4.69) is 10.6 Å². The summed E-state index contributed by atoms with van der Waals surface area (Å²) in [4.78, 5) is 56.7. The van der Waals surface area contributed by atoms with Gasteiger partial charge in [-0.25, -0.2) is 14.2 Å². The molecule has 2 aromatic carbocycles. The number of fused-ring (bicyclic) bond motifs is 5. The minimum atomic E-state index is -2.03. The molecule has 14 heteroatoms. The smallest absolute Gasteiger partial charge is 0.343 e. The van der Waals surface area contributed by atoms with Gasteiger partial charge in [-0.3, -0.25) is 14.4 Å². The molecule has 240 valence electrons. The number of hydrogen-bond acceptors (Lipinski definition) is 12. The number of carbonyl (C=O) groups is 1. The summed E-state index contributed by atoms with van der Waals surface area (Å²) in [5.41, 5.74) is -2.44. The maximum Gasteiger partial charge on any atom is 0.343 e. The molecule has 0 bridgehead atoms. The number of carbonyl (C=O) groups excluding carboxylic acids is 1. The Morgan fingerprint density at radius 1 is 1.07 bits per heavy atom. The quantitative estimate of drug-likeness (QED) is 0.101. The Morgan fingerprint density at radius 2 is 1.76 bits per heavy atom. The minimum absolute atomic E-state index is 0.0345. The number of halogens is 1. The van der Waals surface area contributed by atoms with Gasteiger partial charge in [0.15, 0.2) is 5.60 Å². The third kappa shape index (κ3) is 3.90. The zero-order valence-electron chi connectivity index (χ0n) is 25.0. The fourth-order valence-corrected chi connectivity index (χ4v) is 7.06. The number of aryl methyl sites for hydroxylation is 1. The van der Waals surface area contributed by atoms with Gasteiger partial charge in [0.05, 0.1) is 54.9 Å². The molecular weight excluding hydrogens is 603 g/mol. The van der Waals surface area contributed by atoms with E-state index in [0.29, 0.717) is 51.8 Å².